The highest BCUT2D eigenvalue weighted by Gasteiger charge is 2.40. The van der Waals surface area contributed by atoms with Crippen LogP contribution in [-0.2, 0) is 37.9 Å². The summed E-state index contributed by atoms with van der Waals surface area (Å²) in [7, 11) is -2.46. The fourth-order valence-electron chi connectivity index (χ4n) is 6.53. The minimum atomic E-state index is -4.12. The lowest BCUT2D eigenvalue weighted by Crippen LogP contribution is -2.57. The molecule has 1 aromatic heterocycles. The molecule has 3 heterocycles. The van der Waals surface area contributed by atoms with Gasteiger partial charge in [-0.2, -0.15) is 0 Å². The Hall–Kier alpha value is -4.57. The van der Waals surface area contributed by atoms with E-state index in [0.29, 0.717) is 18.8 Å². The zero-order valence-electron chi connectivity index (χ0n) is 33.9. The number of ether oxygens (including phenoxy) is 4. The zero-order valence-corrected chi connectivity index (χ0v) is 34.8. The van der Waals surface area contributed by atoms with Crippen LogP contribution < -0.4 is 20.4 Å². The normalized spacial score (nSPS) is 17.4. The van der Waals surface area contributed by atoms with Crippen molar-refractivity contribution in [3.05, 3.63) is 48.2 Å². The molecule has 2 saturated heterocycles. The van der Waals surface area contributed by atoms with Gasteiger partial charge in [0, 0.05) is 57.6 Å². The molecule has 0 saturated carbocycles. The summed E-state index contributed by atoms with van der Waals surface area (Å²) in [6, 6.07) is 9.20. The van der Waals surface area contributed by atoms with Crippen LogP contribution in [0.25, 0.3) is 11.3 Å². The molecule has 0 bridgehead atoms. The summed E-state index contributed by atoms with van der Waals surface area (Å²) < 4.78 is 36.1. The summed E-state index contributed by atoms with van der Waals surface area (Å²) in [6.45, 7) is 10.4. The molecule has 4 atom stereocenters. The quantitative estimate of drug-likeness (QED) is 0.0807. The lowest BCUT2D eigenvalue weighted by Gasteiger charge is -2.37. The maximum absolute atomic E-state index is 14.9. The summed E-state index contributed by atoms with van der Waals surface area (Å²) in [5, 5.41) is 8.35. The Balaban J connectivity index is 1.70. The predicted molar refractivity (Wildman–Crippen MR) is 214 cm³/mol. The van der Waals surface area contributed by atoms with E-state index < -0.39 is 61.6 Å². The maximum Gasteiger partial charge on any atom is 0.409 e. The van der Waals surface area contributed by atoms with Gasteiger partial charge in [-0.05, 0) is 52.7 Å². The highest BCUT2D eigenvalue weighted by molar-refractivity contribution is 7.60. The highest BCUT2D eigenvalue weighted by atomic mass is 31.2. The first-order valence-corrected chi connectivity index (χ1v) is 21.5. The van der Waals surface area contributed by atoms with E-state index in [0.717, 1.165) is 30.5 Å². The monoisotopic (exact) mass is 815 g/mol. The average Bonchev–Trinajstić information content (AvgIpc) is 3.70. The summed E-state index contributed by atoms with van der Waals surface area (Å²) in [4.78, 5) is 76.8. The third kappa shape index (κ3) is 13.0. The number of piperazine rings is 1. The number of pyridine rings is 1. The van der Waals surface area contributed by atoms with Crippen LogP contribution in [0.4, 0.5) is 10.5 Å². The first-order chi connectivity index (χ1) is 27.3. The molecule has 4 rings (SSSR count). The van der Waals surface area contributed by atoms with E-state index in [2.05, 4.69) is 20.4 Å². The lowest BCUT2D eigenvalue weighted by molar-refractivity contribution is -0.145. The second-order valence-electron chi connectivity index (χ2n) is 14.0. The molecule has 0 aliphatic carbocycles. The van der Waals surface area contributed by atoms with Crippen LogP contribution in [-0.4, -0.2) is 141 Å². The van der Waals surface area contributed by atoms with Crippen molar-refractivity contribution in [1.29, 1.82) is 0 Å². The standard InChI is InChI=1S/C39H58N7O10P/c1-7-10-22-56-39(51)45-20-18-44(19-21-45)36(48)34(26-57(52,42-27(4)37(49)54-8-2)43-28(5)38(50)55-9-3)41-35(47)33-24-30(46-17-16-31(25-46)53-6)23-32(40-33)29-14-12-11-13-15-29/h11-15,23-24,27-28,31,34H,7-10,16-22,25-26H2,1-6H3,(H,41,47)(H2,42,43,52)/t27-,28-,31-,34-/m0/s1. The van der Waals surface area contributed by atoms with E-state index in [4.69, 9.17) is 23.9 Å². The van der Waals surface area contributed by atoms with Crippen LogP contribution in [0.5, 0.6) is 0 Å². The predicted octanol–water partition coefficient (Wildman–Crippen LogP) is 3.43. The molecule has 2 aliphatic rings. The van der Waals surface area contributed by atoms with Gasteiger partial charge < -0.3 is 39.0 Å². The van der Waals surface area contributed by atoms with Gasteiger partial charge in [0.1, 0.15) is 23.8 Å². The van der Waals surface area contributed by atoms with Crippen molar-refractivity contribution in [2.75, 3.05) is 77.3 Å². The fraction of sp³-hybridized carbons (Fsp3) is 0.590. The molecule has 314 valence electrons. The molecule has 3 amide bonds. The maximum atomic E-state index is 14.9. The third-order valence-corrected chi connectivity index (χ3v) is 12.1. The van der Waals surface area contributed by atoms with Crippen LogP contribution in [0.15, 0.2) is 42.5 Å². The van der Waals surface area contributed by atoms with Crippen LogP contribution in [0.3, 0.4) is 0 Å². The minimum Gasteiger partial charge on any atom is -0.465 e. The molecule has 0 unspecified atom stereocenters. The van der Waals surface area contributed by atoms with Crippen molar-refractivity contribution in [2.45, 2.75) is 78.1 Å². The summed E-state index contributed by atoms with van der Waals surface area (Å²) in [5.74, 6) is -2.70. The number of methoxy groups -OCH3 is 1. The van der Waals surface area contributed by atoms with E-state index >= 15 is 0 Å². The number of aromatic nitrogens is 1. The van der Waals surface area contributed by atoms with Crippen LogP contribution in [0.2, 0.25) is 0 Å². The molecule has 3 N–H and O–H groups in total. The number of carbonyl (C=O) groups excluding carboxylic acids is 5. The average molecular weight is 816 g/mol. The lowest BCUT2D eigenvalue weighted by atomic mass is 10.1. The number of amides is 3. The smallest absolute Gasteiger partial charge is 0.409 e. The van der Waals surface area contributed by atoms with E-state index in [1.54, 1.807) is 27.0 Å². The van der Waals surface area contributed by atoms with Gasteiger partial charge in [0.15, 0.2) is 0 Å². The minimum absolute atomic E-state index is 0.0134. The molecular formula is C39H58N7O10P. The van der Waals surface area contributed by atoms with E-state index in [1.807, 2.05) is 43.3 Å². The van der Waals surface area contributed by atoms with Gasteiger partial charge in [-0.15, -0.1) is 0 Å². The van der Waals surface area contributed by atoms with E-state index in [1.165, 1.54) is 23.6 Å². The van der Waals surface area contributed by atoms with Crippen molar-refractivity contribution in [3.8, 4) is 11.3 Å². The van der Waals surface area contributed by atoms with Gasteiger partial charge in [-0.25, -0.2) is 20.0 Å². The molecule has 2 fully saturated rings. The Morgan fingerprint density at radius 3 is 2.04 bits per heavy atom. The van der Waals surface area contributed by atoms with E-state index in [-0.39, 0.29) is 57.8 Å². The second-order valence-corrected chi connectivity index (χ2v) is 16.3. The van der Waals surface area contributed by atoms with Crippen LogP contribution in [0, 0.1) is 0 Å². The van der Waals surface area contributed by atoms with Crippen molar-refractivity contribution >= 4 is 43.0 Å². The summed E-state index contributed by atoms with van der Waals surface area (Å²) in [6.07, 6.45) is 1.37. The Morgan fingerprint density at radius 1 is 0.860 bits per heavy atom. The zero-order chi connectivity index (χ0) is 41.5. The number of hydrogen-bond donors (Lipinski definition) is 3. The molecule has 2 aliphatic heterocycles. The number of anilines is 1. The third-order valence-electron chi connectivity index (χ3n) is 9.66. The molecule has 0 radical (unpaired) electrons. The van der Waals surface area contributed by atoms with Crippen LogP contribution >= 0.6 is 7.44 Å². The molecule has 57 heavy (non-hydrogen) atoms. The summed E-state index contributed by atoms with van der Waals surface area (Å²) in [5.41, 5.74) is 2.05. The molecule has 2 aromatic rings. The number of nitrogens with zero attached hydrogens (tertiary/aromatic N) is 4. The number of nitrogens with one attached hydrogen (secondary N) is 3. The van der Waals surface area contributed by atoms with Gasteiger partial charge in [-0.1, -0.05) is 43.7 Å². The topological polar surface area (TPSA) is 198 Å². The van der Waals surface area contributed by atoms with Crippen molar-refractivity contribution < 1.29 is 47.5 Å². The molecule has 1 aromatic carbocycles. The number of benzene rings is 1. The van der Waals surface area contributed by atoms with Crippen molar-refractivity contribution in [2.24, 2.45) is 0 Å². The van der Waals surface area contributed by atoms with Gasteiger partial charge in [0.2, 0.25) is 13.4 Å². The molecule has 0 spiro atoms. The van der Waals surface area contributed by atoms with E-state index in [9.17, 15) is 28.5 Å². The fourth-order valence-corrected chi connectivity index (χ4v) is 9.04. The number of rotatable bonds is 19. The molecule has 17 nitrogen and oxygen atoms in total. The SMILES string of the molecule is CCCCOC(=O)N1CCN(C(=O)[C@H](CP(=O)(N[C@@H](C)C(=O)OCC)N[C@@H](C)C(=O)OCC)NC(=O)c2cc(N3CC[C@H](OC)C3)cc(-c3ccccc3)n2)CC1. The van der Waals surface area contributed by atoms with Gasteiger partial charge >= 0.3 is 18.0 Å². The number of unbranched alkanes of at least 4 members (excludes halogenated alkanes) is 1. The Morgan fingerprint density at radius 2 is 1.47 bits per heavy atom. The summed E-state index contributed by atoms with van der Waals surface area (Å²) >= 11 is 0. The van der Waals surface area contributed by atoms with Gasteiger partial charge in [0.05, 0.1) is 37.8 Å². The first-order valence-electron chi connectivity index (χ1n) is 19.7. The van der Waals surface area contributed by atoms with Gasteiger partial charge in [-0.3, -0.25) is 23.7 Å². The Kier molecular flexibility index (Phi) is 17.3. The highest BCUT2D eigenvalue weighted by Crippen LogP contribution is 2.39. The molecule has 18 heteroatoms. The largest absolute Gasteiger partial charge is 0.465 e. The van der Waals surface area contributed by atoms with Crippen molar-refractivity contribution in [1.82, 2.24) is 30.3 Å². The second kappa shape index (κ2) is 21.8. The number of hydrogen-bond acceptors (Lipinski definition) is 12. The number of esters is 2. The van der Waals surface area contributed by atoms with Crippen molar-refractivity contribution in [3.63, 3.8) is 0 Å². The Labute approximate surface area is 335 Å². The Bertz CT molecular complexity index is 1700. The first kappa shape index (κ1) is 45.1. The van der Waals surface area contributed by atoms with Gasteiger partial charge in [0.25, 0.3) is 5.91 Å². The number of carbonyl (C=O) groups is 5. The molecular weight excluding hydrogens is 757 g/mol. The van der Waals surface area contributed by atoms with Crippen LogP contribution in [0.1, 0.15) is 64.4 Å².